The molecule has 0 unspecified atom stereocenters. The van der Waals surface area contributed by atoms with Gasteiger partial charge in [-0.25, -0.2) is 18.8 Å². The number of hydrogen-bond acceptors (Lipinski definition) is 1. The fourth-order valence-corrected chi connectivity index (χ4v) is 3.02. The fraction of sp³-hybridized carbons (Fsp3) is 0.300. The maximum Gasteiger partial charge on any atom is 0.154 e. The Kier molecular flexibility index (Phi) is 3.55. The second-order valence-corrected chi connectivity index (χ2v) is 8.79. The van der Waals surface area contributed by atoms with Crippen LogP contribution >= 0.6 is 26.0 Å². The van der Waals surface area contributed by atoms with E-state index < -0.39 is 21.7 Å². The van der Waals surface area contributed by atoms with Gasteiger partial charge < -0.3 is 0 Å². The van der Waals surface area contributed by atoms with Gasteiger partial charge in [-0.1, -0.05) is 0 Å². The predicted octanol–water partition coefficient (Wildman–Crippen LogP) is 3.59. The smallest absolute Gasteiger partial charge is 0.154 e. The summed E-state index contributed by atoms with van der Waals surface area (Å²) in [6.07, 6.45) is 5.72. The number of carbonyl (C=O) groups excluding carboxylic acids is 1. The van der Waals surface area contributed by atoms with Gasteiger partial charge in [-0.3, -0.25) is 4.79 Å². The SMILES string of the molecule is CS(C)(C)c1c(F)cc(Br)c(C=O)c1F. The second kappa shape index (κ2) is 4.22. The summed E-state index contributed by atoms with van der Waals surface area (Å²) in [5.41, 5.74) is -0.117. The average molecular weight is 297 g/mol. The molecule has 0 aliphatic rings. The van der Waals surface area contributed by atoms with Crippen molar-refractivity contribution in [3.8, 4) is 0 Å². The summed E-state index contributed by atoms with van der Waals surface area (Å²) >= 11 is 2.96. The standard InChI is InChI=1S/C10H11BrF2OS/c1-15(2,3)10-8(12)4-7(11)6(5-14)9(10)13/h4-5H,1-3H3. The highest BCUT2D eigenvalue weighted by molar-refractivity contribution is 9.10. The Morgan fingerprint density at radius 3 is 2.27 bits per heavy atom. The van der Waals surface area contributed by atoms with E-state index in [0.717, 1.165) is 6.07 Å². The maximum absolute atomic E-state index is 13.8. The first kappa shape index (κ1) is 12.6. The van der Waals surface area contributed by atoms with Gasteiger partial charge in [0.25, 0.3) is 0 Å². The van der Waals surface area contributed by atoms with E-state index in [-0.39, 0.29) is 14.9 Å². The molecule has 0 fully saturated rings. The Balaban J connectivity index is 3.60. The molecule has 0 amide bonds. The van der Waals surface area contributed by atoms with Gasteiger partial charge in [0.15, 0.2) is 6.29 Å². The summed E-state index contributed by atoms with van der Waals surface area (Å²) in [6.45, 7) is 0. The van der Waals surface area contributed by atoms with E-state index in [1.54, 1.807) is 18.8 Å². The highest BCUT2D eigenvalue weighted by atomic mass is 79.9. The van der Waals surface area contributed by atoms with Crippen molar-refractivity contribution >= 4 is 32.2 Å². The molecule has 1 aromatic carbocycles. The van der Waals surface area contributed by atoms with Crippen LogP contribution in [0.4, 0.5) is 8.78 Å². The maximum atomic E-state index is 13.8. The third-order valence-electron chi connectivity index (χ3n) is 1.89. The predicted molar refractivity (Wildman–Crippen MR) is 63.1 cm³/mol. The van der Waals surface area contributed by atoms with Crippen LogP contribution in [-0.2, 0) is 0 Å². The van der Waals surface area contributed by atoms with Gasteiger partial charge in [-0.15, -0.1) is 0 Å². The van der Waals surface area contributed by atoms with E-state index in [4.69, 9.17) is 0 Å². The topological polar surface area (TPSA) is 17.1 Å². The van der Waals surface area contributed by atoms with Crippen LogP contribution < -0.4 is 0 Å². The molecule has 1 aromatic rings. The van der Waals surface area contributed by atoms with E-state index in [9.17, 15) is 13.6 Å². The number of halogens is 3. The first-order valence-corrected chi connectivity index (χ1v) is 7.75. The number of carbonyl (C=O) groups is 1. The number of rotatable bonds is 2. The average Bonchev–Trinajstić information content (AvgIpc) is 2.00. The highest BCUT2D eigenvalue weighted by Gasteiger charge is 2.23. The lowest BCUT2D eigenvalue weighted by Gasteiger charge is -2.27. The molecule has 1 nitrogen and oxygen atoms in total. The lowest BCUT2D eigenvalue weighted by Crippen LogP contribution is -2.04. The van der Waals surface area contributed by atoms with Crippen LogP contribution in [0.5, 0.6) is 0 Å². The molecule has 0 heterocycles. The van der Waals surface area contributed by atoms with Crippen molar-refractivity contribution in [1.82, 2.24) is 0 Å². The largest absolute Gasteiger partial charge is 0.298 e. The molecule has 0 N–H and O–H groups in total. The number of aldehydes is 1. The zero-order chi connectivity index (χ0) is 11.8. The van der Waals surface area contributed by atoms with E-state index in [2.05, 4.69) is 15.9 Å². The molecule has 0 atom stereocenters. The van der Waals surface area contributed by atoms with Crippen LogP contribution in [-0.4, -0.2) is 25.1 Å². The van der Waals surface area contributed by atoms with Crippen molar-refractivity contribution < 1.29 is 13.6 Å². The minimum absolute atomic E-state index is 0.0211. The molecule has 0 bridgehead atoms. The molecule has 1 rings (SSSR count). The Labute approximate surface area is 97.3 Å². The lowest BCUT2D eigenvalue weighted by molar-refractivity contribution is 0.111. The van der Waals surface area contributed by atoms with Crippen molar-refractivity contribution in [2.24, 2.45) is 0 Å². The van der Waals surface area contributed by atoms with Crippen LogP contribution in [0.15, 0.2) is 15.4 Å². The Hall–Kier alpha value is -0.420. The molecule has 15 heavy (non-hydrogen) atoms. The van der Waals surface area contributed by atoms with Crippen LogP contribution in [0.25, 0.3) is 0 Å². The summed E-state index contributed by atoms with van der Waals surface area (Å²) in [5, 5.41) is 0. The molecule has 0 saturated heterocycles. The summed E-state index contributed by atoms with van der Waals surface area (Å²) in [4.78, 5) is 10.7. The molecule has 0 saturated carbocycles. The Morgan fingerprint density at radius 2 is 1.87 bits per heavy atom. The third kappa shape index (κ3) is 2.39. The Morgan fingerprint density at radius 1 is 1.33 bits per heavy atom. The van der Waals surface area contributed by atoms with E-state index in [1.165, 1.54) is 0 Å². The van der Waals surface area contributed by atoms with Gasteiger partial charge in [0.05, 0.1) is 10.5 Å². The lowest BCUT2D eigenvalue weighted by atomic mass is 10.2. The summed E-state index contributed by atoms with van der Waals surface area (Å²) < 4.78 is 27.5. The quantitative estimate of drug-likeness (QED) is 0.762. The van der Waals surface area contributed by atoms with Crippen LogP contribution in [0.2, 0.25) is 0 Å². The monoisotopic (exact) mass is 296 g/mol. The zero-order valence-corrected chi connectivity index (χ0v) is 11.0. The molecule has 0 radical (unpaired) electrons. The molecule has 5 heteroatoms. The van der Waals surface area contributed by atoms with Crippen LogP contribution in [0, 0.1) is 11.6 Å². The van der Waals surface area contributed by atoms with Crippen molar-refractivity contribution in [3.05, 3.63) is 27.7 Å². The van der Waals surface area contributed by atoms with Crippen molar-refractivity contribution in [1.29, 1.82) is 0 Å². The van der Waals surface area contributed by atoms with Crippen LogP contribution in [0.1, 0.15) is 10.4 Å². The molecule has 84 valence electrons. The second-order valence-electron chi connectivity index (χ2n) is 3.85. The number of hydrogen-bond donors (Lipinski definition) is 0. The molecule has 0 aliphatic heterocycles. The van der Waals surface area contributed by atoms with Gasteiger partial charge >= 0.3 is 0 Å². The third-order valence-corrected chi connectivity index (χ3v) is 4.15. The van der Waals surface area contributed by atoms with Crippen molar-refractivity contribution in [2.45, 2.75) is 4.90 Å². The first-order valence-electron chi connectivity index (χ1n) is 4.10. The van der Waals surface area contributed by atoms with E-state index in [1.807, 2.05) is 0 Å². The van der Waals surface area contributed by atoms with Gasteiger partial charge in [0.1, 0.15) is 11.6 Å². The number of benzene rings is 1. The highest BCUT2D eigenvalue weighted by Crippen LogP contribution is 2.49. The van der Waals surface area contributed by atoms with Crippen molar-refractivity contribution in [3.63, 3.8) is 0 Å². The van der Waals surface area contributed by atoms with Crippen molar-refractivity contribution in [2.75, 3.05) is 18.8 Å². The zero-order valence-electron chi connectivity index (χ0n) is 8.61. The molecule has 0 aromatic heterocycles. The fourth-order valence-electron chi connectivity index (χ4n) is 1.26. The van der Waals surface area contributed by atoms with Gasteiger partial charge in [0.2, 0.25) is 0 Å². The summed E-state index contributed by atoms with van der Waals surface area (Å²) in [6, 6.07) is 1.14. The minimum atomic E-state index is -1.54. The molecular weight excluding hydrogens is 286 g/mol. The molecule has 0 spiro atoms. The minimum Gasteiger partial charge on any atom is -0.298 e. The normalized spacial score (nSPS) is 12.7. The Bertz CT molecular complexity index is 413. The molecule has 0 aliphatic carbocycles. The van der Waals surface area contributed by atoms with Gasteiger partial charge in [-0.05, 0) is 40.8 Å². The van der Waals surface area contributed by atoms with Crippen LogP contribution in [0.3, 0.4) is 0 Å². The van der Waals surface area contributed by atoms with E-state index in [0.29, 0.717) is 6.29 Å². The van der Waals surface area contributed by atoms with E-state index >= 15 is 0 Å². The van der Waals surface area contributed by atoms with Gasteiger partial charge in [-0.2, -0.15) is 0 Å². The first-order chi connectivity index (χ1) is 6.79. The van der Waals surface area contributed by atoms with Gasteiger partial charge in [0, 0.05) is 4.47 Å². The summed E-state index contributed by atoms with van der Waals surface area (Å²) in [7, 11) is -1.54. The molecular formula is C10H11BrF2OS. The summed E-state index contributed by atoms with van der Waals surface area (Å²) in [5.74, 6) is -1.35.